The van der Waals surface area contributed by atoms with E-state index in [1.807, 2.05) is 11.0 Å². The number of nitrogens with zero attached hydrogens (tertiary/aromatic N) is 3. The van der Waals surface area contributed by atoms with Gasteiger partial charge in [-0.1, -0.05) is 17.7 Å². The number of pyridine rings is 1. The van der Waals surface area contributed by atoms with E-state index in [9.17, 15) is 10.1 Å². The lowest BCUT2D eigenvalue weighted by atomic mass is 10.2. The van der Waals surface area contributed by atoms with Gasteiger partial charge in [0.25, 0.3) is 6.20 Å². The first-order chi connectivity index (χ1) is 8.16. The maximum Gasteiger partial charge on any atom is 0.274 e. The highest BCUT2D eigenvalue weighted by molar-refractivity contribution is 6.30. The van der Waals surface area contributed by atoms with E-state index in [0.717, 1.165) is 11.8 Å². The lowest BCUT2D eigenvalue weighted by Crippen LogP contribution is -2.20. The summed E-state index contributed by atoms with van der Waals surface area (Å²) in [5.74, 6) is 0.509. The Morgan fingerprint density at radius 3 is 3.24 bits per heavy atom. The van der Waals surface area contributed by atoms with Crippen molar-refractivity contribution in [2.24, 2.45) is 0 Å². The van der Waals surface area contributed by atoms with Crippen molar-refractivity contribution in [3.8, 4) is 0 Å². The van der Waals surface area contributed by atoms with Crippen LogP contribution in [-0.2, 0) is 6.54 Å². The lowest BCUT2D eigenvalue weighted by molar-refractivity contribution is -0.404. The molecular weight excluding hydrogens is 244 g/mol. The van der Waals surface area contributed by atoms with Crippen LogP contribution in [0.3, 0.4) is 0 Å². The van der Waals surface area contributed by atoms with Gasteiger partial charge in [-0.15, -0.1) is 0 Å². The van der Waals surface area contributed by atoms with Crippen molar-refractivity contribution in [2.75, 3.05) is 13.1 Å². The molecule has 6 nitrogen and oxygen atoms in total. The maximum absolute atomic E-state index is 10.4. The van der Waals surface area contributed by atoms with Gasteiger partial charge in [-0.3, -0.25) is 10.1 Å². The van der Waals surface area contributed by atoms with Crippen molar-refractivity contribution in [3.05, 3.63) is 51.2 Å². The van der Waals surface area contributed by atoms with Crippen molar-refractivity contribution < 1.29 is 4.92 Å². The monoisotopic (exact) mass is 254 g/mol. The molecule has 1 saturated heterocycles. The van der Waals surface area contributed by atoms with Crippen molar-refractivity contribution in [1.29, 1.82) is 0 Å². The molecule has 90 valence electrons. The number of aromatic nitrogens is 1. The number of rotatable bonds is 3. The Bertz CT molecular complexity index is 463. The SMILES string of the molecule is O=[N+]([O-])/C=C1\NCCN1Cc1cccnc1Cl. The van der Waals surface area contributed by atoms with Crippen molar-refractivity contribution >= 4 is 11.6 Å². The van der Waals surface area contributed by atoms with E-state index < -0.39 is 4.92 Å². The minimum atomic E-state index is -0.467. The Morgan fingerprint density at radius 2 is 2.53 bits per heavy atom. The Kier molecular flexibility index (Phi) is 3.43. The molecule has 0 atom stereocenters. The van der Waals surface area contributed by atoms with E-state index in [-0.39, 0.29) is 0 Å². The summed E-state index contributed by atoms with van der Waals surface area (Å²) in [5.41, 5.74) is 0.854. The minimum absolute atomic E-state index is 0.430. The van der Waals surface area contributed by atoms with Gasteiger partial charge in [0.15, 0.2) is 5.82 Å². The highest BCUT2D eigenvalue weighted by atomic mass is 35.5. The zero-order valence-corrected chi connectivity index (χ0v) is 9.72. The third-order valence-corrected chi connectivity index (χ3v) is 2.79. The van der Waals surface area contributed by atoms with Crippen LogP contribution >= 0.6 is 11.6 Å². The van der Waals surface area contributed by atoms with Gasteiger partial charge >= 0.3 is 0 Å². The van der Waals surface area contributed by atoms with Gasteiger partial charge in [-0.2, -0.15) is 0 Å². The molecule has 1 aliphatic rings. The molecule has 1 fully saturated rings. The Morgan fingerprint density at radius 1 is 1.71 bits per heavy atom. The Labute approximate surface area is 103 Å². The summed E-state index contributed by atoms with van der Waals surface area (Å²) in [6, 6.07) is 3.65. The minimum Gasteiger partial charge on any atom is -0.365 e. The summed E-state index contributed by atoms with van der Waals surface area (Å²) in [6.07, 6.45) is 2.58. The number of nitrogens with one attached hydrogen (secondary N) is 1. The van der Waals surface area contributed by atoms with Crippen LogP contribution in [0.5, 0.6) is 0 Å². The molecule has 0 saturated carbocycles. The van der Waals surface area contributed by atoms with Crippen LogP contribution in [-0.4, -0.2) is 27.9 Å². The summed E-state index contributed by atoms with van der Waals surface area (Å²) >= 11 is 5.94. The third-order valence-electron chi connectivity index (χ3n) is 2.45. The largest absolute Gasteiger partial charge is 0.365 e. The van der Waals surface area contributed by atoms with Gasteiger partial charge < -0.3 is 10.2 Å². The molecule has 0 aliphatic carbocycles. The van der Waals surface area contributed by atoms with Gasteiger partial charge in [0.2, 0.25) is 0 Å². The van der Waals surface area contributed by atoms with E-state index >= 15 is 0 Å². The molecule has 0 bridgehead atoms. The summed E-state index contributed by atoms with van der Waals surface area (Å²) in [5, 5.41) is 13.8. The topological polar surface area (TPSA) is 71.3 Å². The molecule has 17 heavy (non-hydrogen) atoms. The molecule has 0 radical (unpaired) electrons. The standard InChI is InChI=1S/C10H11ClN4O2/c11-10-8(2-1-3-13-10)6-14-5-4-12-9(14)7-15(16)17/h1-3,7,12H,4-6H2/b9-7+. The van der Waals surface area contributed by atoms with Crippen LogP contribution in [0.25, 0.3) is 0 Å². The second-order valence-corrected chi connectivity index (χ2v) is 3.96. The summed E-state index contributed by atoms with van der Waals surface area (Å²) in [4.78, 5) is 15.8. The van der Waals surface area contributed by atoms with Crippen LogP contribution in [0.15, 0.2) is 30.4 Å². The molecular formula is C10H11ClN4O2. The molecule has 0 unspecified atom stereocenters. The molecule has 0 amide bonds. The zero-order valence-electron chi connectivity index (χ0n) is 8.97. The molecule has 1 N–H and O–H groups in total. The first-order valence-electron chi connectivity index (χ1n) is 5.10. The van der Waals surface area contributed by atoms with Crippen molar-refractivity contribution in [1.82, 2.24) is 15.2 Å². The van der Waals surface area contributed by atoms with E-state index in [1.165, 1.54) is 0 Å². The van der Waals surface area contributed by atoms with Crippen LogP contribution < -0.4 is 5.32 Å². The summed E-state index contributed by atoms with van der Waals surface area (Å²) in [6.45, 7) is 1.92. The normalized spacial score (nSPS) is 17.2. The first-order valence-corrected chi connectivity index (χ1v) is 5.48. The highest BCUT2D eigenvalue weighted by Crippen LogP contribution is 2.17. The van der Waals surface area contributed by atoms with Crippen LogP contribution in [0.1, 0.15) is 5.56 Å². The highest BCUT2D eigenvalue weighted by Gasteiger charge is 2.20. The van der Waals surface area contributed by atoms with E-state index in [4.69, 9.17) is 11.6 Å². The molecule has 2 heterocycles. The van der Waals surface area contributed by atoms with Crippen molar-refractivity contribution in [2.45, 2.75) is 6.54 Å². The lowest BCUT2D eigenvalue weighted by Gasteiger charge is -2.17. The Balaban J connectivity index is 2.13. The number of halogens is 1. The smallest absolute Gasteiger partial charge is 0.274 e. The predicted octanol–water partition coefficient (Wildman–Crippen LogP) is 1.22. The average Bonchev–Trinajstić information content (AvgIpc) is 2.68. The fraction of sp³-hybridized carbons (Fsp3) is 0.300. The summed E-state index contributed by atoms with van der Waals surface area (Å²) in [7, 11) is 0. The summed E-state index contributed by atoms with van der Waals surface area (Å²) < 4.78 is 0. The maximum atomic E-state index is 10.4. The number of hydrogen-bond donors (Lipinski definition) is 1. The van der Waals surface area contributed by atoms with Gasteiger partial charge in [-0.05, 0) is 6.07 Å². The first kappa shape index (κ1) is 11.7. The van der Waals surface area contributed by atoms with Crippen molar-refractivity contribution in [3.63, 3.8) is 0 Å². The fourth-order valence-electron chi connectivity index (χ4n) is 1.69. The molecule has 2 rings (SSSR count). The zero-order chi connectivity index (χ0) is 12.3. The molecule has 0 aromatic carbocycles. The van der Waals surface area contributed by atoms with Gasteiger partial charge in [-0.25, -0.2) is 4.98 Å². The van der Waals surface area contributed by atoms with E-state index in [2.05, 4.69) is 10.3 Å². The van der Waals surface area contributed by atoms with Crippen LogP contribution in [0.4, 0.5) is 0 Å². The number of hydrogen-bond acceptors (Lipinski definition) is 5. The molecule has 1 aliphatic heterocycles. The quantitative estimate of drug-likeness (QED) is 0.499. The van der Waals surface area contributed by atoms with Gasteiger partial charge in [0.1, 0.15) is 5.15 Å². The van der Waals surface area contributed by atoms with Gasteiger partial charge in [0, 0.05) is 31.4 Å². The second-order valence-electron chi connectivity index (χ2n) is 3.60. The van der Waals surface area contributed by atoms with E-state index in [1.54, 1.807) is 12.3 Å². The van der Waals surface area contributed by atoms with Gasteiger partial charge in [0.05, 0.1) is 4.92 Å². The number of nitro groups is 1. The third kappa shape index (κ3) is 2.85. The van der Waals surface area contributed by atoms with E-state index in [0.29, 0.717) is 30.6 Å². The predicted molar refractivity (Wildman–Crippen MR) is 62.7 cm³/mol. The second kappa shape index (κ2) is 5.01. The molecule has 1 aromatic heterocycles. The van der Waals surface area contributed by atoms with Crippen LogP contribution in [0, 0.1) is 10.1 Å². The molecule has 0 spiro atoms. The fourth-order valence-corrected chi connectivity index (χ4v) is 1.86. The Hall–Kier alpha value is -1.82. The van der Waals surface area contributed by atoms with Crippen LogP contribution in [0.2, 0.25) is 5.15 Å². The molecule has 1 aromatic rings. The average molecular weight is 255 g/mol. The molecule has 7 heteroatoms.